The van der Waals surface area contributed by atoms with Crippen molar-refractivity contribution in [1.82, 2.24) is 20.2 Å². The number of aromatic nitrogens is 4. The third-order valence-electron chi connectivity index (χ3n) is 3.40. The zero-order chi connectivity index (χ0) is 14.0. The molecule has 1 aliphatic rings. The number of rotatable bonds is 5. The van der Waals surface area contributed by atoms with Crippen molar-refractivity contribution in [2.75, 3.05) is 5.75 Å². The molecule has 0 aliphatic heterocycles. The molecule has 1 heterocycles. The van der Waals surface area contributed by atoms with Gasteiger partial charge in [-0.05, 0) is 41.3 Å². The van der Waals surface area contributed by atoms with Gasteiger partial charge in [0.25, 0.3) is 0 Å². The number of tetrazole rings is 1. The molecular formula is C13H14N6S. The minimum atomic E-state index is -0.780. The van der Waals surface area contributed by atoms with Crippen molar-refractivity contribution in [3.63, 3.8) is 0 Å². The molecule has 0 bridgehead atoms. The van der Waals surface area contributed by atoms with E-state index in [0.29, 0.717) is 16.8 Å². The standard InChI is InChI=1S/C13H14N6S/c14-8-13(15,10-6-7-10)9-20-12-16-17-18-19(12)11-4-2-1-3-5-11/h1-5,10H,6-7,9,15H2. The highest BCUT2D eigenvalue weighted by Gasteiger charge is 2.42. The molecule has 2 aromatic rings. The van der Waals surface area contributed by atoms with Crippen LogP contribution in [0.15, 0.2) is 35.5 Å². The Morgan fingerprint density at radius 2 is 2.15 bits per heavy atom. The average molecular weight is 286 g/mol. The molecule has 102 valence electrons. The lowest BCUT2D eigenvalue weighted by Gasteiger charge is -2.19. The van der Waals surface area contributed by atoms with Crippen molar-refractivity contribution in [3.05, 3.63) is 30.3 Å². The molecular weight excluding hydrogens is 272 g/mol. The maximum atomic E-state index is 9.26. The fourth-order valence-corrected chi connectivity index (χ4v) is 3.05. The minimum Gasteiger partial charge on any atom is -0.312 e. The number of nitriles is 1. The summed E-state index contributed by atoms with van der Waals surface area (Å²) in [6.45, 7) is 0. The van der Waals surface area contributed by atoms with E-state index in [-0.39, 0.29) is 0 Å². The maximum absolute atomic E-state index is 9.26. The second-order valence-corrected chi connectivity index (χ2v) is 5.87. The number of nitrogens with two attached hydrogens (primary N) is 1. The lowest BCUT2D eigenvalue weighted by Crippen LogP contribution is -2.43. The molecule has 1 aromatic heterocycles. The first-order chi connectivity index (χ1) is 9.73. The topological polar surface area (TPSA) is 93.4 Å². The third kappa shape index (κ3) is 2.53. The van der Waals surface area contributed by atoms with Gasteiger partial charge in [-0.3, -0.25) is 0 Å². The number of benzene rings is 1. The predicted octanol–water partition coefficient (Wildman–Crippen LogP) is 1.39. The van der Waals surface area contributed by atoms with Gasteiger partial charge in [0.05, 0.1) is 11.8 Å². The molecule has 2 N–H and O–H groups in total. The molecule has 1 unspecified atom stereocenters. The molecule has 6 nitrogen and oxygen atoms in total. The fraction of sp³-hybridized carbons (Fsp3) is 0.385. The summed E-state index contributed by atoms with van der Waals surface area (Å²) < 4.78 is 1.66. The van der Waals surface area contributed by atoms with Crippen LogP contribution in [0, 0.1) is 17.2 Å². The molecule has 0 radical (unpaired) electrons. The number of hydrogen-bond donors (Lipinski definition) is 1. The first-order valence-corrected chi connectivity index (χ1v) is 7.38. The van der Waals surface area contributed by atoms with Crippen LogP contribution >= 0.6 is 11.8 Å². The number of nitrogens with zero attached hydrogens (tertiary/aromatic N) is 5. The Bertz CT molecular complexity index is 630. The van der Waals surface area contributed by atoms with Crippen molar-refractivity contribution in [1.29, 1.82) is 5.26 Å². The SMILES string of the molecule is N#CC(N)(CSc1nnnn1-c1ccccc1)C1CC1. The van der Waals surface area contributed by atoms with Gasteiger partial charge in [-0.15, -0.1) is 5.10 Å². The van der Waals surface area contributed by atoms with Crippen LogP contribution in [0.5, 0.6) is 0 Å². The Kier molecular flexibility index (Phi) is 3.42. The summed E-state index contributed by atoms with van der Waals surface area (Å²) in [5.41, 5.74) is 6.26. The summed E-state index contributed by atoms with van der Waals surface area (Å²) in [5.74, 6) is 0.808. The van der Waals surface area contributed by atoms with Gasteiger partial charge in [0.1, 0.15) is 5.54 Å². The normalized spacial score (nSPS) is 17.4. The predicted molar refractivity (Wildman–Crippen MR) is 75.1 cm³/mol. The van der Waals surface area contributed by atoms with Gasteiger partial charge in [-0.25, -0.2) is 0 Å². The molecule has 0 spiro atoms. The quantitative estimate of drug-likeness (QED) is 0.835. The van der Waals surface area contributed by atoms with Crippen molar-refractivity contribution >= 4 is 11.8 Å². The summed E-state index contributed by atoms with van der Waals surface area (Å²) in [7, 11) is 0. The van der Waals surface area contributed by atoms with E-state index < -0.39 is 5.54 Å². The van der Waals surface area contributed by atoms with Crippen LogP contribution in [0.25, 0.3) is 5.69 Å². The minimum absolute atomic E-state index is 0.307. The van der Waals surface area contributed by atoms with Gasteiger partial charge < -0.3 is 5.73 Å². The Labute approximate surface area is 121 Å². The van der Waals surface area contributed by atoms with E-state index in [1.807, 2.05) is 30.3 Å². The van der Waals surface area contributed by atoms with E-state index in [2.05, 4.69) is 21.6 Å². The summed E-state index contributed by atoms with van der Waals surface area (Å²) in [6, 6.07) is 11.9. The molecule has 7 heteroatoms. The van der Waals surface area contributed by atoms with Gasteiger partial charge in [0, 0.05) is 5.75 Å². The summed E-state index contributed by atoms with van der Waals surface area (Å²) >= 11 is 1.43. The largest absolute Gasteiger partial charge is 0.312 e. The molecule has 0 saturated heterocycles. The summed E-state index contributed by atoms with van der Waals surface area (Å²) in [6.07, 6.45) is 2.07. The molecule has 1 atom stereocenters. The average Bonchev–Trinajstić information content (AvgIpc) is 3.25. The zero-order valence-corrected chi connectivity index (χ0v) is 11.6. The van der Waals surface area contributed by atoms with E-state index >= 15 is 0 Å². The second-order valence-electron chi connectivity index (χ2n) is 4.92. The Hall–Kier alpha value is -1.91. The molecule has 1 aliphatic carbocycles. The first kappa shape index (κ1) is 13.1. The Balaban J connectivity index is 1.76. The molecule has 20 heavy (non-hydrogen) atoms. The lowest BCUT2D eigenvalue weighted by molar-refractivity contribution is 0.531. The van der Waals surface area contributed by atoms with Crippen molar-refractivity contribution < 1.29 is 0 Å². The molecule has 3 rings (SSSR count). The van der Waals surface area contributed by atoms with Crippen LogP contribution in [-0.4, -0.2) is 31.5 Å². The summed E-state index contributed by atoms with van der Waals surface area (Å²) in [5, 5.41) is 21.6. The van der Waals surface area contributed by atoms with Gasteiger partial charge >= 0.3 is 0 Å². The van der Waals surface area contributed by atoms with Gasteiger partial charge in [-0.2, -0.15) is 9.94 Å². The van der Waals surface area contributed by atoms with Crippen LogP contribution in [-0.2, 0) is 0 Å². The Morgan fingerprint density at radius 1 is 1.40 bits per heavy atom. The monoisotopic (exact) mass is 286 g/mol. The zero-order valence-electron chi connectivity index (χ0n) is 10.8. The molecule has 0 amide bonds. The van der Waals surface area contributed by atoms with Crippen LogP contribution in [0.2, 0.25) is 0 Å². The smallest absolute Gasteiger partial charge is 0.214 e. The van der Waals surface area contributed by atoms with Gasteiger partial charge in [0.2, 0.25) is 5.16 Å². The van der Waals surface area contributed by atoms with E-state index in [1.54, 1.807) is 4.68 Å². The number of hydrogen-bond acceptors (Lipinski definition) is 6. The van der Waals surface area contributed by atoms with Crippen LogP contribution < -0.4 is 5.73 Å². The van der Waals surface area contributed by atoms with Crippen molar-refractivity contribution in [2.45, 2.75) is 23.5 Å². The van der Waals surface area contributed by atoms with E-state index in [9.17, 15) is 5.26 Å². The van der Waals surface area contributed by atoms with Gasteiger partial charge in [-0.1, -0.05) is 30.0 Å². The first-order valence-electron chi connectivity index (χ1n) is 6.40. The van der Waals surface area contributed by atoms with Crippen LogP contribution in [0.1, 0.15) is 12.8 Å². The second kappa shape index (κ2) is 5.23. The third-order valence-corrected chi connectivity index (χ3v) is 4.53. The molecule has 1 saturated carbocycles. The number of thioether (sulfide) groups is 1. The fourth-order valence-electron chi connectivity index (χ4n) is 2.02. The van der Waals surface area contributed by atoms with E-state index in [0.717, 1.165) is 18.5 Å². The van der Waals surface area contributed by atoms with Crippen molar-refractivity contribution in [3.8, 4) is 11.8 Å². The van der Waals surface area contributed by atoms with E-state index in [4.69, 9.17) is 5.73 Å². The highest BCUT2D eigenvalue weighted by atomic mass is 32.2. The van der Waals surface area contributed by atoms with Gasteiger partial charge in [0.15, 0.2) is 0 Å². The van der Waals surface area contributed by atoms with Crippen LogP contribution in [0.3, 0.4) is 0 Å². The lowest BCUT2D eigenvalue weighted by atomic mass is 10.00. The molecule has 1 fully saturated rings. The highest BCUT2D eigenvalue weighted by molar-refractivity contribution is 7.99. The highest BCUT2D eigenvalue weighted by Crippen LogP contribution is 2.40. The number of para-hydroxylation sites is 1. The van der Waals surface area contributed by atoms with Crippen molar-refractivity contribution in [2.24, 2.45) is 11.7 Å². The molecule has 1 aromatic carbocycles. The maximum Gasteiger partial charge on any atom is 0.214 e. The summed E-state index contributed by atoms with van der Waals surface area (Å²) in [4.78, 5) is 0. The van der Waals surface area contributed by atoms with E-state index in [1.165, 1.54) is 11.8 Å². The Morgan fingerprint density at radius 3 is 2.80 bits per heavy atom. The van der Waals surface area contributed by atoms with Crippen LogP contribution in [0.4, 0.5) is 0 Å².